The van der Waals surface area contributed by atoms with Gasteiger partial charge in [0.2, 0.25) is 11.9 Å². The Morgan fingerprint density at radius 2 is 1.78 bits per heavy atom. The maximum atomic E-state index is 12.0. The number of carbonyl (C=O) groups is 1. The highest BCUT2D eigenvalue weighted by Crippen LogP contribution is 2.41. The molecule has 1 amide bonds. The number of anilines is 1. The molecule has 0 N–H and O–H groups in total. The van der Waals surface area contributed by atoms with Crippen molar-refractivity contribution in [2.75, 3.05) is 30.4 Å². The first-order valence-corrected chi connectivity index (χ1v) is 9.92. The van der Waals surface area contributed by atoms with Crippen molar-refractivity contribution in [2.24, 2.45) is 0 Å². The van der Waals surface area contributed by atoms with Gasteiger partial charge >= 0.3 is 0 Å². The molecule has 1 aromatic heterocycles. The zero-order valence-corrected chi connectivity index (χ0v) is 14.4. The monoisotopic (exact) mass is 335 g/mol. The summed E-state index contributed by atoms with van der Waals surface area (Å²) >= 11 is 1.68. The molecule has 0 unspecified atom stereocenters. The number of thioether (sulfide) groups is 1. The average Bonchev–Trinajstić information content (AvgIpc) is 3.34. The Kier molecular flexibility index (Phi) is 4.46. The second kappa shape index (κ2) is 6.71. The first-order chi connectivity index (χ1) is 11.3. The number of likely N-dealkylation sites (tertiary alicyclic amines) is 1. The molecule has 2 aliphatic heterocycles. The molecule has 0 atom stereocenters. The Labute approximate surface area is 141 Å². The smallest absolute Gasteiger partial charge is 0.228 e. The number of amides is 1. The molecular weight excluding hydrogens is 310 g/mol. The lowest BCUT2D eigenvalue weighted by Crippen LogP contribution is -2.35. The molecule has 0 radical (unpaired) electrons. The van der Waals surface area contributed by atoms with Gasteiger partial charge in [0.25, 0.3) is 0 Å². The van der Waals surface area contributed by atoms with E-state index in [1.165, 1.54) is 32.1 Å². The summed E-state index contributed by atoms with van der Waals surface area (Å²) in [7, 11) is 0. The van der Waals surface area contributed by atoms with E-state index in [0.717, 1.165) is 43.6 Å². The van der Waals surface area contributed by atoms with Gasteiger partial charge in [0.05, 0.1) is 5.88 Å². The molecule has 3 heterocycles. The lowest BCUT2D eigenvalue weighted by atomic mass is 10.1. The average molecular weight is 335 g/mol. The van der Waals surface area contributed by atoms with Crippen LogP contribution in [0.1, 0.15) is 57.4 Å². The van der Waals surface area contributed by atoms with Crippen LogP contribution in [0.5, 0.6) is 0 Å². The fourth-order valence-electron chi connectivity index (χ4n) is 3.46. The third kappa shape index (κ3) is 3.34. The van der Waals surface area contributed by atoms with Gasteiger partial charge in [-0.3, -0.25) is 9.36 Å². The van der Waals surface area contributed by atoms with Crippen LogP contribution >= 0.6 is 11.8 Å². The summed E-state index contributed by atoms with van der Waals surface area (Å²) in [5.41, 5.74) is 0. The third-order valence-electron chi connectivity index (χ3n) is 4.97. The Hall–Kier alpha value is -1.24. The molecule has 1 aliphatic carbocycles. The molecule has 1 aromatic rings. The molecule has 7 heteroatoms. The van der Waals surface area contributed by atoms with Crippen LogP contribution in [0, 0.1) is 0 Å². The van der Waals surface area contributed by atoms with Crippen LogP contribution in [0.4, 0.5) is 5.95 Å². The van der Waals surface area contributed by atoms with E-state index in [-0.39, 0.29) is 5.91 Å². The third-order valence-corrected chi connectivity index (χ3v) is 5.95. The van der Waals surface area contributed by atoms with Crippen molar-refractivity contribution in [3.63, 3.8) is 0 Å². The van der Waals surface area contributed by atoms with E-state index >= 15 is 0 Å². The molecule has 2 saturated heterocycles. The number of rotatable bonds is 5. The zero-order valence-electron chi connectivity index (χ0n) is 13.6. The summed E-state index contributed by atoms with van der Waals surface area (Å²) in [5.74, 6) is 2.06. The zero-order chi connectivity index (χ0) is 15.6. The molecule has 0 aromatic carbocycles. The highest BCUT2D eigenvalue weighted by Gasteiger charge is 2.32. The van der Waals surface area contributed by atoms with Gasteiger partial charge < -0.3 is 9.80 Å². The molecule has 4 rings (SSSR count). The molecular formula is C16H25N5OS. The SMILES string of the molecule is O=C1CCCCN1CSc1nnc(N2CCCCC2)n1C1CC1. The normalized spacial score (nSPS) is 22.7. The molecule has 1 saturated carbocycles. The predicted octanol–water partition coefficient (Wildman–Crippen LogP) is 2.67. The minimum atomic E-state index is 0.289. The van der Waals surface area contributed by atoms with Crippen molar-refractivity contribution in [2.45, 2.75) is 62.6 Å². The van der Waals surface area contributed by atoms with Crippen molar-refractivity contribution >= 4 is 23.6 Å². The van der Waals surface area contributed by atoms with Crippen molar-refractivity contribution < 1.29 is 4.79 Å². The van der Waals surface area contributed by atoms with Crippen LogP contribution in [0.2, 0.25) is 0 Å². The second-order valence-corrected chi connectivity index (χ2v) is 7.73. The second-order valence-electron chi connectivity index (χ2n) is 6.82. The summed E-state index contributed by atoms with van der Waals surface area (Å²) < 4.78 is 2.34. The lowest BCUT2D eigenvalue weighted by molar-refractivity contribution is -0.132. The van der Waals surface area contributed by atoms with Gasteiger partial charge in [0, 0.05) is 32.1 Å². The van der Waals surface area contributed by atoms with Gasteiger partial charge in [0.1, 0.15) is 0 Å². The molecule has 6 nitrogen and oxygen atoms in total. The van der Waals surface area contributed by atoms with Gasteiger partial charge in [-0.15, -0.1) is 10.2 Å². The summed E-state index contributed by atoms with van der Waals surface area (Å²) in [6, 6.07) is 0.571. The highest BCUT2D eigenvalue weighted by molar-refractivity contribution is 7.99. The Morgan fingerprint density at radius 3 is 2.52 bits per heavy atom. The fraction of sp³-hybridized carbons (Fsp3) is 0.812. The maximum Gasteiger partial charge on any atom is 0.228 e. The van der Waals surface area contributed by atoms with Crippen LogP contribution in [0.3, 0.4) is 0 Å². The number of piperidine rings is 2. The number of hydrogen-bond donors (Lipinski definition) is 0. The Bertz CT molecular complexity index is 565. The summed E-state index contributed by atoms with van der Waals surface area (Å²) in [4.78, 5) is 16.3. The summed E-state index contributed by atoms with van der Waals surface area (Å²) in [5, 5.41) is 9.95. The number of nitrogens with zero attached hydrogens (tertiary/aromatic N) is 5. The van der Waals surface area contributed by atoms with Gasteiger partial charge in [-0.25, -0.2) is 0 Å². The van der Waals surface area contributed by atoms with Crippen LogP contribution in [-0.2, 0) is 4.79 Å². The Balaban J connectivity index is 1.47. The van der Waals surface area contributed by atoms with Crippen molar-refractivity contribution in [3.05, 3.63) is 0 Å². The largest absolute Gasteiger partial charge is 0.341 e. The molecule has 126 valence electrons. The number of hydrogen-bond acceptors (Lipinski definition) is 5. The lowest BCUT2D eigenvalue weighted by Gasteiger charge is -2.28. The van der Waals surface area contributed by atoms with Crippen LogP contribution in [-0.4, -0.2) is 51.1 Å². The van der Waals surface area contributed by atoms with E-state index in [2.05, 4.69) is 19.7 Å². The van der Waals surface area contributed by atoms with Crippen molar-refractivity contribution in [1.29, 1.82) is 0 Å². The minimum absolute atomic E-state index is 0.289. The summed E-state index contributed by atoms with van der Waals surface area (Å²) in [6.07, 6.45) is 9.16. The van der Waals surface area contributed by atoms with Crippen LogP contribution in [0.25, 0.3) is 0 Å². The van der Waals surface area contributed by atoms with Gasteiger partial charge in [-0.1, -0.05) is 11.8 Å². The van der Waals surface area contributed by atoms with Crippen LogP contribution in [0.15, 0.2) is 5.16 Å². The first kappa shape index (κ1) is 15.3. The topological polar surface area (TPSA) is 54.3 Å². The van der Waals surface area contributed by atoms with E-state index in [1.54, 1.807) is 11.8 Å². The quantitative estimate of drug-likeness (QED) is 0.774. The van der Waals surface area contributed by atoms with Crippen molar-refractivity contribution in [1.82, 2.24) is 19.7 Å². The van der Waals surface area contributed by atoms with Gasteiger partial charge in [-0.2, -0.15) is 0 Å². The number of aromatic nitrogens is 3. The first-order valence-electron chi connectivity index (χ1n) is 8.93. The summed E-state index contributed by atoms with van der Waals surface area (Å²) in [6.45, 7) is 3.09. The van der Waals surface area contributed by atoms with Gasteiger partial charge in [0.15, 0.2) is 5.16 Å². The van der Waals surface area contributed by atoms with Crippen molar-refractivity contribution in [3.8, 4) is 0 Å². The minimum Gasteiger partial charge on any atom is -0.341 e. The standard InChI is InChI=1S/C16H25N5OS/c22-14-6-2-5-11-20(14)12-23-16-18-17-15(21(16)13-7-8-13)19-9-3-1-4-10-19/h13H,1-12H2. The van der Waals surface area contributed by atoms with E-state index < -0.39 is 0 Å². The van der Waals surface area contributed by atoms with E-state index in [1.807, 2.05) is 4.90 Å². The fourth-order valence-corrected chi connectivity index (χ4v) is 4.48. The highest BCUT2D eigenvalue weighted by atomic mass is 32.2. The van der Waals surface area contributed by atoms with Crippen LogP contribution < -0.4 is 4.90 Å². The van der Waals surface area contributed by atoms with E-state index in [4.69, 9.17) is 0 Å². The molecule has 3 fully saturated rings. The molecule has 23 heavy (non-hydrogen) atoms. The number of carbonyl (C=O) groups excluding carboxylic acids is 1. The van der Waals surface area contributed by atoms with Gasteiger partial charge in [-0.05, 0) is 44.9 Å². The molecule has 0 spiro atoms. The van der Waals surface area contributed by atoms with E-state index in [9.17, 15) is 4.79 Å². The predicted molar refractivity (Wildman–Crippen MR) is 90.6 cm³/mol. The molecule has 0 bridgehead atoms. The molecule has 3 aliphatic rings. The van der Waals surface area contributed by atoms with E-state index in [0.29, 0.717) is 18.3 Å². The maximum absolute atomic E-state index is 12.0. The Morgan fingerprint density at radius 1 is 1.00 bits per heavy atom.